The zero-order valence-electron chi connectivity index (χ0n) is 9.39. The molecule has 2 amide bonds. The molecule has 1 unspecified atom stereocenters. The number of hydrogen-bond donors (Lipinski definition) is 2. The van der Waals surface area contributed by atoms with Gasteiger partial charge in [-0.05, 0) is 0 Å². The number of carbonyl (C=O) groups is 1. The number of urea groups is 1. The normalized spacial score (nSPS) is 25.1. The monoisotopic (exact) mass is 229 g/mol. The lowest BCUT2D eigenvalue weighted by Gasteiger charge is -2.28. The van der Waals surface area contributed by atoms with Crippen LogP contribution in [-0.2, 0) is 4.74 Å². The van der Waals surface area contributed by atoms with Crippen molar-refractivity contribution in [2.75, 3.05) is 52.5 Å². The molecule has 2 heterocycles. The average molecular weight is 229 g/mol. The van der Waals surface area contributed by atoms with Crippen molar-refractivity contribution in [3.63, 3.8) is 0 Å². The Bertz CT molecular complexity index is 249. The number of piperazine rings is 1. The molecule has 0 aromatic heterocycles. The highest BCUT2D eigenvalue weighted by molar-refractivity contribution is 5.77. The second-order valence-corrected chi connectivity index (χ2v) is 4.12. The third-order valence-electron chi connectivity index (χ3n) is 3.04. The minimum atomic E-state index is 0.0343. The molecule has 16 heavy (non-hydrogen) atoms. The van der Waals surface area contributed by atoms with Gasteiger partial charge in [0.25, 0.3) is 0 Å². The van der Waals surface area contributed by atoms with Gasteiger partial charge in [0.1, 0.15) is 0 Å². The number of carbonyl (C=O) groups excluding carboxylic acids is 1. The maximum absolute atomic E-state index is 11.9. The van der Waals surface area contributed by atoms with Gasteiger partial charge >= 0.3 is 6.03 Å². The summed E-state index contributed by atoms with van der Waals surface area (Å²) in [6, 6.07) is 0.443. The molecule has 0 spiro atoms. The molecule has 2 saturated heterocycles. The smallest absolute Gasteiger partial charge is 0.320 e. The predicted molar refractivity (Wildman–Crippen MR) is 58.2 cm³/mol. The number of nitrogens with one attached hydrogen (secondary N) is 1. The third-order valence-corrected chi connectivity index (χ3v) is 3.04. The van der Waals surface area contributed by atoms with E-state index in [4.69, 9.17) is 9.84 Å². The maximum atomic E-state index is 11.9. The van der Waals surface area contributed by atoms with Crippen molar-refractivity contribution in [3.8, 4) is 0 Å². The Morgan fingerprint density at radius 3 is 3.12 bits per heavy atom. The average Bonchev–Trinajstić information content (AvgIpc) is 2.63. The van der Waals surface area contributed by atoms with Gasteiger partial charge in [-0.15, -0.1) is 0 Å². The summed E-state index contributed by atoms with van der Waals surface area (Å²) in [5.41, 5.74) is 0. The van der Waals surface area contributed by atoms with Gasteiger partial charge in [0.15, 0.2) is 0 Å². The van der Waals surface area contributed by atoms with Crippen LogP contribution in [0.25, 0.3) is 0 Å². The zero-order chi connectivity index (χ0) is 11.4. The summed E-state index contributed by atoms with van der Waals surface area (Å²) in [6.45, 7) is 4.86. The lowest BCUT2D eigenvalue weighted by molar-refractivity contribution is 0.0812. The van der Waals surface area contributed by atoms with Crippen LogP contribution in [0.2, 0.25) is 0 Å². The van der Waals surface area contributed by atoms with Gasteiger partial charge in [-0.25, -0.2) is 4.79 Å². The number of fused-ring (bicyclic) bond motifs is 1. The minimum Gasteiger partial charge on any atom is -0.394 e. The van der Waals surface area contributed by atoms with E-state index in [1.165, 1.54) is 0 Å². The molecule has 0 saturated carbocycles. The molecule has 0 aliphatic carbocycles. The van der Waals surface area contributed by atoms with E-state index in [0.717, 1.165) is 26.2 Å². The molecule has 2 rings (SSSR count). The first-order chi connectivity index (χ1) is 7.83. The van der Waals surface area contributed by atoms with Crippen LogP contribution >= 0.6 is 0 Å². The second kappa shape index (κ2) is 5.47. The van der Waals surface area contributed by atoms with Crippen LogP contribution in [0, 0.1) is 0 Å². The molecule has 1 atom stereocenters. The standard InChI is InChI=1S/C10H19N3O3/c14-4-6-16-5-3-12-8-9-7-11-1-2-13(9)10(12)15/h9,11,14H,1-8H2. The van der Waals surface area contributed by atoms with Gasteiger partial charge in [0.05, 0.1) is 25.9 Å². The Balaban J connectivity index is 1.76. The van der Waals surface area contributed by atoms with Crippen LogP contribution in [0.1, 0.15) is 0 Å². The quantitative estimate of drug-likeness (QED) is 0.575. The third kappa shape index (κ3) is 2.45. The van der Waals surface area contributed by atoms with E-state index in [1.54, 1.807) is 0 Å². The van der Waals surface area contributed by atoms with E-state index in [-0.39, 0.29) is 12.6 Å². The Kier molecular flexibility index (Phi) is 3.98. The van der Waals surface area contributed by atoms with Crippen LogP contribution in [-0.4, -0.2) is 79.5 Å². The molecule has 0 aromatic carbocycles. The van der Waals surface area contributed by atoms with Crippen molar-refractivity contribution in [2.24, 2.45) is 0 Å². The Labute approximate surface area is 95.2 Å². The van der Waals surface area contributed by atoms with Gasteiger partial charge in [0.2, 0.25) is 0 Å². The van der Waals surface area contributed by atoms with Crippen molar-refractivity contribution < 1.29 is 14.6 Å². The van der Waals surface area contributed by atoms with E-state index >= 15 is 0 Å². The molecular weight excluding hydrogens is 210 g/mol. The highest BCUT2D eigenvalue weighted by Gasteiger charge is 2.37. The van der Waals surface area contributed by atoms with Crippen molar-refractivity contribution >= 4 is 6.03 Å². The van der Waals surface area contributed by atoms with Crippen molar-refractivity contribution in [1.82, 2.24) is 15.1 Å². The Morgan fingerprint density at radius 2 is 2.38 bits per heavy atom. The highest BCUT2D eigenvalue weighted by atomic mass is 16.5. The molecule has 2 fully saturated rings. The summed E-state index contributed by atoms with van der Waals surface area (Å²) >= 11 is 0. The highest BCUT2D eigenvalue weighted by Crippen LogP contribution is 2.16. The minimum absolute atomic E-state index is 0.0343. The van der Waals surface area contributed by atoms with Crippen molar-refractivity contribution in [3.05, 3.63) is 0 Å². The maximum Gasteiger partial charge on any atom is 0.320 e. The zero-order valence-corrected chi connectivity index (χ0v) is 9.39. The molecule has 0 aromatic rings. The lowest BCUT2D eigenvalue weighted by atomic mass is 10.2. The van der Waals surface area contributed by atoms with E-state index in [9.17, 15) is 4.79 Å². The van der Waals surface area contributed by atoms with Crippen molar-refractivity contribution in [1.29, 1.82) is 0 Å². The molecule has 0 radical (unpaired) electrons. The summed E-state index contributed by atoms with van der Waals surface area (Å²) in [6.07, 6.45) is 0. The molecule has 6 heteroatoms. The van der Waals surface area contributed by atoms with Gasteiger partial charge in [0, 0.05) is 32.7 Å². The fourth-order valence-electron chi connectivity index (χ4n) is 2.22. The number of amides is 2. The Morgan fingerprint density at radius 1 is 1.50 bits per heavy atom. The molecule has 2 aliphatic heterocycles. The number of aliphatic hydroxyl groups is 1. The van der Waals surface area contributed by atoms with E-state index < -0.39 is 0 Å². The van der Waals surface area contributed by atoms with Gasteiger partial charge < -0.3 is 25.0 Å². The van der Waals surface area contributed by atoms with E-state index in [1.807, 2.05) is 9.80 Å². The van der Waals surface area contributed by atoms with Crippen molar-refractivity contribution in [2.45, 2.75) is 6.04 Å². The number of hydrogen-bond acceptors (Lipinski definition) is 4. The van der Waals surface area contributed by atoms with Crippen LogP contribution in [0.15, 0.2) is 0 Å². The number of ether oxygens (including phenoxy) is 1. The first-order valence-electron chi connectivity index (χ1n) is 5.78. The molecule has 0 bridgehead atoms. The van der Waals surface area contributed by atoms with Crippen LogP contribution in [0.4, 0.5) is 4.79 Å². The first-order valence-corrected chi connectivity index (χ1v) is 5.78. The molecule has 2 aliphatic rings. The second-order valence-electron chi connectivity index (χ2n) is 4.12. The molecular formula is C10H19N3O3. The summed E-state index contributed by atoms with van der Waals surface area (Å²) < 4.78 is 5.17. The topological polar surface area (TPSA) is 65.0 Å². The van der Waals surface area contributed by atoms with Crippen LogP contribution in [0.5, 0.6) is 0 Å². The molecule has 6 nitrogen and oxygen atoms in total. The number of aliphatic hydroxyl groups excluding tert-OH is 1. The fraction of sp³-hybridized carbons (Fsp3) is 0.900. The van der Waals surface area contributed by atoms with Crippen LogP contribution < -0.4 is 5.32 Å². The SMILES string of the molecule is O=C1N(CCOCCO)CC2CNCCN12. The van der Waals surface area contributed by atoms with E-state index in [2.05, 4.69) is 5.32 Å². The summed E-state index contributed by atoms with van der Waals surface area (Å²) in [5, 5.41) is 11.8. The number of nitrogens with zero attached hydrogens (tertiary/aromatic N) is 2. The Hall–Kier alpha value is -0.850. The summed E-state index contributed by atoms with van der Waals surface area (Å²) in [5.74, 6) is 0. The number of rotatable bonds is 5. The first kappa shape index (κ1) is 11.6. The summed E-state index contributed by atoms with van der Waals surface area (Å²) in [4.78, 5) is 15.7. The largest absolute Gasteiger partial charge is 0.394 e. The molecule has 2 N–H and O–H groups in total. The lowest BCUT2D eigenvalue weighted by Crippen LogP contribution is -2.49. The van der Waals surface area contributed by atoms with Gasteiger partial charge in [-0.3, -0.25) is 0 Å². The van der Waals surface area contributed by atoms with Crippen LogP contribution in [0.3, 0.4) is 0 Å². The van der Waals surface area contributed by atoms with Gasteiger partial charge in [-0.1, -0.05) is 0 Å². The summed E-state index contributed by atoms with van der Waals surface area (Å²) in [7, 11) is 0. The van der Waals surface area contributed by atoms with E-state index in [0.29, 0.717) is 25.8 Å². The molecule has 92 valence electrons. The van der Waals surface area contributed by atoms with Gasteiger partial charge in [-0.2, -0.15) is 0 Å². The fourth-order valence-corrected chi connectivity index (χ4v) is 2.22. The predicted octanol–water partition coefficient (Wildman–Crippen LogP) is -1.30.